The van der Waals surface area contributed by atoms with E-state index in [9.17, 15) is 0 Å². The standard InChI is InChI=1S/C14H10BrClN2/c15-12-3-1-2-11(6-12)9-18-14-5-4-10(8-17)7-13(14)16/h1-7,18H,9H2. The van der Waals surface area contributed by atoms with Crippen LogP contribution in [0.1, 0.15) is 11.1 Å². The summed E-state index contributed by atoms with van der Waals surface area (Å²) in [5.41, 5.74) is 2.55. The summed E-state index contributed by atoms with van der Waals surface area (Å²) in [7, 11) is 0. The molecule has 2 nitrogen and oxygen atoms in total. The zero-order valence-corrected chi connectivity index (χ0v) is 11.8. The molecule has 4 heteroatoms. The molecule has 1 N–H and O–H groups in total. The summed E-state index contributed by atoms with van der Waals surface area (Å²) in [6.07, 6.45) is 0. The van der Waals surface area contributed by atoms with Gasteiger partial charge in [0, 0.05) is 11.0 Å². The van der Waals surface area contributed by atoms with Crippen LogP contribution in [-0.4, -0.2) is 0 Å². The van der Waals surface area contributed by atoms with Crippen molar-refractivity contribution in [2.75, 3.05) is 5.32 Å². The van der Waals surface area contributed by atoms with Crippen LogP contribution in [0.15, 0.2) is 46.9 Å². The van der Waals surface area contributed by atoms with Crippen molar-refractivity contribution in [2.24, 2.45) is 0 Å². The minimum Gasteiger partial charge on any atom is -0.380 e. The lowest BCUT2D eigenvalue weighted by Gasteiger charge is -2.08. The fourth-order valence-electron chi connectivity index (χ4n) is 1.57. The summed E-state index contributed by atoms with van der Waals surface area (Å²) >= 11 is 9.51. The van der Waals surface area contributed by atoms with E-state index in [2.05, 4.69) is 27.3 Å². The topological polar surface area (TPSA) is 35.8 Å². The lowest BCUT2D eigenvalue weighted by molar-refractivity contribution is 1.15. The predicted octanol–water partition coefficient (Wildman–Crippen LogP) is 4.59. The number of nitrogens with zero attached hydrogens (tertiary/aromatic N) is 1. The fraction of sp³-hybridized carbons (Fsp3) is 0.0714. The number of nitriles is 1. The monoisotopic (exact) mass is 320 g/mol. The number of hydrogen-bond donors (Lipinski definition) is 1. The quantitative estimate of drug-likeness (QED) is 0.897. The highest BCUT2D eigenvalue weighted by molar-refractivity contribution is 9.10. The largest absolute Gasteiger partial charge is 0.380 e. The van der Waals surface area contributed by atoms with Gasteiger partial charge < -0.3 is 5.32 Å². The first-order valence-corrected chi connectivity index (χ1v) is 6.54. The van der Waals surface area contributed by atoms with Gasteiger partial charge in [-0.15, -0.1) is 0 Å². The van der Waals surface area contributed by atoms with Gasteiger partial charge in [0.05, 0.1) is 22.3 Å². The summed E-state index contributed by atoms with van der Waals surface area (Å²) in [6.45, 7) is 0.686. The number of hydrogen-bond acceptors (Lipinski definition) is 2. The zero-order chi connectivity index (χ0) is 13.0. The molecule has 0 aliphatic rings. The number of rotatable bonds is 3. The van der Waals surface area contributed by atoms with Crippen LogP contribution in [0.3, 0.4) is 0 Å². The first-order valence-electron chi connectivity index (χ1n) is 5.37. The molecule has 2 aromatic rings. The van der Waals surface area contributed by atoms with Crippen molar-refractivity contribution in [2.45, 2.75) is 6.54 Å². The number of halogens is 2. The van der Waals surface area contributed by atoms with Crippen LogP contribution in [0.2, 0.25) is 5.02 Å². The average molecular weight is 322 g/mol. The molecule has 0 radical (unpaired) electrons. The Hall–Kier alpha value is -1.50. The molecule has 0 heterocycles. The molecule has 0 spiro atoms. The Bertz CT molecular complexity index is 605. The Morgan fingerprint density at radius 1 is 1.22 bits per heavy atom. The van der Waals surface area contributed by atoms with Crippen LogP contribution < -0.4 is 5.32 Å². The van der Waals surface area contributed by atoms with Gasteiger partial charge in [0.25, 0.3) is 0 Å². The van der Waals surface area contributed by atoms with E-state index in [0.717, 1.165) is 15.7 Å². The minimum absolute atomic E-state index is 0.559. The molecule has 90 valence electrons. The highest BCUT2D eigenvalue weighted by Crippen LogP contribution is 2.23. The number of anilines is 1. The molecular weight excluding hydrogens is 312 g/mol. The normalized spacial score (nSPS) is 9.83. The Morgan fingerprint density at radius 3 is 2.72 bits per heavy atom. The maximum absolute atomic E-state index is 8.76. The SMILES string of the molecule is N#Cc1ccc(NCc2cccc(Br)c2)c(Cl)c1. The second kappa shape index (κ2) is 5.90. The van der Waals surface area contributed by atoms with Gasteiger partial charge in [-0.1, -0.05) is 39.7 Å². The van der Waals surface area contributed by atoms with Crippen LogP contribution in [0.5, 0.6) is 0 Å². The minimum atomic E-state index is 0.559. The highest BCUT2D eigenvalue weighted by atomic mass is 79.9. The van der Waals surface area contributed by atoms with Gasteiger partial charge in [-0.25, -0.2) is 0 Å². The summed E-state index contributed by atoms with van der Waals surface area (Å²) in [4.78, 5) is 0. The van der Waals surface area contributed by atoms with E-state index in [0.29, 0.717) is 17.1 Å². The van der Waals surface area contributed by atoms with Crippen molar-refractivity contribution in [1.29, 1.82) is 5.26 Å². The molecule has 2 aromatic carbocycles. The molecule has 0 fully saturated rings. The van der Waals surface area contributed by atoms with Crippen LogP contribution in [0.4, 0.5) is 5.69 Å². The van der Waals surface area contributed by atoms with E-state index in [4.69, 9.17) is 16.9 Å². The van der Waals surface area contributed by atoms with Crippen molar-refractivity contribution in [3.05, 3.63) is 63.1 Å². The van der Waals surface area contributed by atoms with Gasteiger partial charge in [-0.3, -0.25) is 0 Å². The van der Waals surface area contributed by atoms with Crippen LogP contribution in [0.25, 0.3) is 0 Å². The molecule has 0 aliphatic carbocycles. The van der Waals surface area contributed by atoms with Crippen molar-refractivity contribution in [3.8, 4) is 6.07 Å². The fourth-order valence-corrected chi connectivity index (χ4v) is 2.27. The third-order valence-electron chi connectivity index (χ3n) is 2.47. The van der Waals surface area contributed by atoms with Gasteiger partial charge >= 0.3 is 0 Å². The second-order valence-corrected chi connectivity index (χ2v) is 5.11. The number of benzene rings is 2. The average Bonchev–Trinajstić information content (AvgIpc) is 2.37. The zero-order valence-electron chi connectivity index (χ0n) is 9.45. The Kier molecular flexibility index (Phi) is 4.24. The van der Waals surface area contributed by atoms with Crippen LogP contribution in [0, 0.1) is 11.3 Å². The van der Waals surface area contributed by atoms with Crippen molar-refractivity contribution in [3.63, 3.8) is 0 Å². The Labute approximate surface area is 119 Å². The first kappa shape index (κ1) is 12.9. The molecule has 0 atom stereocenters. The Balaban J connectivity index is 2.09. The van der Waals surface area contributed by atoms with E-state index in [-0.39, 0.29) is 0 Å². The molecule has 18 heavy (non-hydrogen) atoms. The molecule has 2 rings (SSSR count). The van der Waals surface area contributed by atoms with E-state index in [1.807, 2.05) is 30.3 Å². The lowest BCUT2D eigenvalue weighted by atomic mass is 10.2. The smallest absolute Gasteiger partial charge is 0.0992 e. The van der Waals surface area contributed by atoms with Crippen molar-refractivity contribution < 1.29 is 0 Å². The maximum Gasteiger partial charge on any atom is 0.0992 e. The molecule has 0 saturated carbocycles. The van der Waals surface area contributed by atoms with Gasteiger partial charge in [-0.05, 0) is 35.9 Å². The first-order chi connectivity index (χ1) is 8.69. The van der Waals surface area contributed by atoms with E-state index < -0.39 is 0 Å². The number of nitrogens with one attached hydrogen (secondary N) is 1. The summed E-state index contributed by atoms with van der Waals surface area (Å²) in [6, 6.07) is 15.3. The molecule has 0 unspecified atom stereocenters. The summed E-state index contributed by atoms with van der Waals surface area (Å²) in [5.74, 6) is 0. The molecule has 0 saturated heterocycles. The molecule has 0 aromatic heterocycles. The van der Waals surface area contributed by atoms with Crippen LogP contribution >= 0.6 is 27.5 Å². The Morgan fingerprint density at radius 2 is 2.06 bits per heavy atom. The van der Waals surface area contributed by atoms with E-state index in [1.165, 1.54) is 0 Å². The summed E-state index contributed by atoms with van der Waals surface area (Å²) in [5, 5.41) is 12.6. The molecule has 0 amide bonds. The second-order valence-electron chi connectivity index (χ2n) is 3.79. The van der Waals surface area contributed by atoms with Gasteiger partial charge in [0.15, 0.2) is 0 Å². The highest BCUT2D eigenvalue weighted by Gasteiger charge is 2.01. The molecular formula is C14H10BrClN2. The van der Waals surface area contributed by atoms with Gasteiger partial charge in [0.2, 0.25) is 0 Å². The molecule has 0 aliphatic heterocycles. The maximum atomic E-state index is 8.76. The van der Waals surface area contributed by atoms with Crippen molar-refractivity contribution >= 4 is 33.2 Å². The van der Waals surface area contributed by atoms with Crippen LogP contribution in [-0.2, 0) is 6.54 Å². The summed E-state index contributed by atoms with van der Waals surface area (Å²) < 4.78 is 1.05. The van der Waals surface area contributed by atoms with E-state index >= 15 is 0 Å². The van der Waals surface area contributed by atoms with Gasteiger partial charge in [0.1, 0.15) is 0 Å². The van der Waals surface area contributed by atoms with Crippen molar-refractivity contribution in [1.82, 2.24) is 0 Å². The molecule has 0 bridgehead atoms. The third-order valence-corrected chi connectivity index (χ3v) is 3.28. The lowest BCUT2D eigenvalue weighted by Crippen LogP contribution is -1.99. The van der Waals surface area contributed by atoms with E-state index in [1.54, 1.807) is 12.1 Å². The predicted molar refractivity (Wildman–Crippen MR) is 77.6 cm³/mol. The third kappa shape index (κ3) is 3.25. The van der Waals surface area contributed by atoms with Gasteiger partial charge in [-0.2, -0.15) is 5.26 Å².